The van der Waals surface area contributed by atoms with Crippen LogP contribution in [0.1, 0.15) is 36.2 Å². The Morgan fingerprint density at radius 1 is 1.35 bits per heavy atom. The van der Waals surface area contributed by atoms with Crippen molar-refractivity contribution in [3.8, 4) is 0 Å². The van der Waals surface area contributed by atoms with E-state index in [4.69, 9.17) is 0 Å². The Balaban J connectivity index is 1.86. The van der Waals surface area contributed by atoms with Gasteiger partial charge in [-0.25, -0.2) is 0 Å². The Morgan fingerprint density at radius 2 is 2.05 bits per heavy atom. The second-order valence-electron chi connectivity index (χ2n) is 6.24. The number of nitrogens with one attached hydrogen (secondary N) is 2. The van der Waals surface area contributed by atoms with Gasteiger partial charge in [-0.1, -0.05) is 26.0 Å². The molecule has 1 aromatic carbocycles. The summed E-state index contributed by atoms with van der Waals surface area (Å²) in [6, 6.07) is 8.41. The second-order valence-corrected chi connectivity index (χ2v) is 7.27. The van der Waals surface area contributed by atoms with E-state index in [1.165, 1.54) is 23.5 Å². The Hall–Kier alpha value is -1.00. The van der Waals surface area contributed by atoms with Crippen LogP contribution in [0, 0.1) is 5.41 Å². The zero-order valence-corrected chi connectivity index (χ0v) is 13.3. The molecule has 2 rings (SSSR count). The summed E-state index contributed by atoms with van der Waals surface area (Å²) in [6.45, 7) is 5.55. The van der Waals surface area contributed by atoms with Crippen LogP contribution in [0.25, 0.3) is 0 Å². The predicted octanol–water partition coefficient (Wildman–Crippen LogP) is 2.67. The minimum atomic E-state index is -0.0325. The van der Waals surface area contributed by atoms with Crippen molar-refractivity contribution in [2.75, 3.05) is 18.6 Å². The molecule has 1 heterocycles. The van der Waals surface area contributed by atoms with Crippen LogP contribution in [0.3, 0.4) is 0 Å². The van der Waals surface area contributed by atoms with Crippen LogP contribution in [0.15, 0.2) is 24.3 Å². The molecule has 1 amide bonds. The summed E-state index contributed by atoms with van der Waals surface area (Å²) in [5, 5.41) is 6.27. The van der Waals surface area contributed by atoms with Gasteiger partial charge in [-0.05, 0) is 35.3 Å². The lowest BCUT2D eigenvalue weighted by atomic mass is 9.88. The van der Waals surface area contributed by atoms with Crippen LogP contribution in [-0.4, -0.2) is 30.5 Å². The Morgan fingerprint density at radius 3 is 2.65 bits per heavy atom. The smallest absolute Gasteiger partial charge is 0.251 e. The first kappa shape index (κ1) is 15.4. The lowest BCUT2D eigenvalue weighted by Gasteiger charge is -2.35. The van der Waals surface area contributed by atoms with Gasteiger partial charge in [-0.3, -0.25) is 4.79 Å². The number of rotatable bonds is 4. The van der Waals surface area contributed by atoms with E-state index in [1.807, 2.05) is 36.0 Å². The molecule has 0 bridgehead atoms. The maximum absolute atomic E-state index is 11.5. The van der Waals surface area contributed by atoms with Crippen molar-refractivity contribution in [2.45, 2.75) is 32.9 Å². The van der Waals surface area contributed by atoms with Gasteiger partial charge >= 0.3 is 0 Å². The van der Waals surface area contributed by atoms with E-state index in [2.05, 4.69) is 24.5 Å². The third-order valence-corrected chi connectivity index (χ3v) is 5.27. The molecule has 1 aromatic rings. The van der Waals surface area contributed by atoms with Gasteiger partial charge in [0.25, 0.3) is 5.91 Å². The molecule has 3 nitrogen and oxygen atoms in total. The van der Waals surface area contributed by atoms with E-state index in [0.29, 0.717) is 17.0 Å². The average molecular weight is 292 g/mol. The standard InChI is InChI=1S/C16H24N2OS/c1-16(2)8-14(10-20-11-16)18-9-12-4-6-13(7-5-12)15(19)17-3/h4-7,14,18H,8-11H2,1-3H3,(H,17,19). The molecule has 0 radical (unpaired) electrons. The lowest BCUT2D eigenvalue weighted by molar-refractivity contribution is 0.0963. The Labute approximate surface area is 125 Å². The maximum atomic E-state index is 11.5. The van der Waals surface area contributed by atoms with Gasteiger partial charge in [0.05, 0.1) is 0 Å². The van der Waals surface area contributed by atoms with Crippen molar-refractivity contribution in [3.05, 3.63) is 35.4 Å². The lowest BCUT2D eigenvalue weighted by Crippen LogP contribution is -2.39. The highest BCUT2D eigenvalue weighted by molar-refractivity contribution is 7.99. The van der Waals surface area contributed by atoms with Crippen LogP contribution >= 0.6 is 11.8 Å². The van der Waals surface area contributed by atoms with Crippen molar-refractivity contribution in [1.82, 2.24) is 10.6 Å². The van der Waals surface area contributed by atoms with Gasteiger partial charge in [-0.15, -0.1) is 0 Å². The Bertz CT molecular complexity index is 456. The fourth-order valence-corrected chi connectivity index (χ4v) is 3.88. The van der Waals surface area contributed by atoms with Crippen LogP contribution in [0.5, 0.6) is 0 Å². The van der Waals surface area contributed by atoms with E-state index < -0.39 is 0 Å². The van der Waals surface area contributed by atoms with Gasteiger partial charge in [0.15, 0.2) is 0 Å². The molecule has 20 heavy (non-hydrogen) atoms. The van der Waals surface area contributed by atoms with Crippen LogP contribution in [-0.2, 0) is 6.54 Å². The number of hydrogen-bond donors (Lipinski definition) is 2. The van der Waals surface area contributed by atoms with Gasteiger partial charge in [0.1, 0.15) is 0 Å². The molecular weight excluding hydrogens is 268 g/mol. The van der Waals surface area contributed by atoms with Crippen molar-refractivity contribution < 1.29 is 4.79 Å². The predicted molar refractivity (Wildman–Crippen MR) is 86.2 cm³/mol. The van der Waals surface area contributed by atoms with Crippen LogP contribution in [0.2, 0.25) is 0 Å². The highest BCUT2D eigenvalue weighted by atomic mass is 32.2. The van der Waals surface area contributed by atoms with E-state index in [-0.39, 0.29) is 5.91 Å². The summed E-state index contributed by atoms with van der Waals surface area (Å²) in [4.78, 5) is 11.5. The quantitative estimate of drug-likeness (QED) is 0.896. The average Bonchev–Trinajstić information content (AvgIpc) is 2.44. The molecule has 4 heteroatoms. The first-order valence-electron chi connectivity index (χ1n) is 7.12. The highest BCUT2D eigenvalue weighted by Gasteiger charge is 2.27. The number of benzene rings is 1. The zero-order chi connectivity index (χ0) is 14.6. The highest BCUT2D eigenvalue weighted by Crippen LogP contribution is 2.33. The zero-order valence-electron chi connectivity index (χ0n) is 12.5. The molecule has 0 spiro atoms. The molecule has 1 atom stereocenters. The first-order chi connectivity index (χ1) is 9.50. The molecule has 1 aliphatic rings. The summed E-state index contributed by atoms with van der Waals surface area (Å²) in [6.07, 6.45) is 1.23. The number of amides is 1. The molecule has 110 valence electrons. The van der Waals surface area contributed by atoms with E-state index in [1.54, 1.807) is 7.05 Å². The van der Waals surface area contributed by atoms with Crippen molar-refractivity contribution >= 4 is 17.7 Å². The summed E-state index contributed by atoms with van der Waals surface area (Å²) >= 11 is 2.04. The van der Waals surface area contributed by atoms with E-state index in [9.17, 15) is 4.79 Å². The minimum absolute atomic E-state index is 0.0325. The number of carbonyl (C=O) groups is 1. The third kappa shape index (κ3) is 4.25. The van der Waals surface area contributed by atoms with Gasteiger partial charge in [0, 0.05) is 31.0 Å². The SMILES string of the molecule is CNC(=O)c1ccc(CNC2CSCC(C)(C)C2)cc1. The van der Waals surface area contributed by atoms with Crippen LogP contribution in [0.4, 0.5) is 0 Å². The summed E-state index contributed by atoms with van der Waals surface area (Å²) in [7, 11) is 1.65. The van der Waals surface area contributed by atoms with Gasteiger partial charge < -0.3 is 10.6 Å². The molecule has 0 aromatic heterocycles. The fourth-order valence-electron chi connectivity index (χ4n) is 2.57. The summed E-state index contributed by atoms with van der Waals surface area (Å²) in [5.74, 6) is 2.42. The molecule has 1 aliphatic heterocycles. The molecule has 0 saturated carbocycles. The number of carbonyl (C=O) groups excluding carboxylic acids is 1. The third-order valence-electron chi connectivity index (χ3n) is 3.65. The molecule has 1 fully saturated rings. The second kappa shape index (κ2) is 6.64. The van der Waals surface area contributed by atoms with E-state index >= 15 is 0 Å². The van der Waals surface area contributed by atoms with Crippen LogP contribution < -0.4 is 10.6 Å². The first-order valence-corrected chi connectivity index (χ1v) is 8.28. The minimum Gasteiger partial charge on any atom is -0.355 e. The van der Waals surface area contributed by atoms with Crippen molar-refractivity contribution in [3.63, 3.8) is 0 Å². The monoisotopic (exact) mass is 292 g/mol. The fraction of sp³-hybridized carbons (Fsp3) is 0.562. The maximum Gasteiger partial charge on any atom is 0.251 e. The molecule has 2 N–H and O–H groups in total. The van der Waals surface area contributed by atoms with Crippen molar-refractivity contribution in [2.24, 2.45) is 5.41 Å². The van der Waals surface area contributed by atoms with Crippen molar-refractivity contribution in [1.29, 1.82) is 0 Å². The van der Waals surface area contributed by atoms with Gasteiger partial charge in [-0.2, -0.15) is 11.8 Å². The topological polar surface area (TPSA) is 41.1 Å². The Kier molecular flexibility index (Phi) is 5.11. The summed E-state index contributed by atoms with van der Waals surface area (Å²) in [5.41, 5.74) is 2.38. The molecule has 1 unspecified atom stereocenters. The largest absolute Gasteiger partial charge is 0.355 e. The number of hydrogen-bond acceptors (Lipinski definition) is 3. The number of thioether (sulfide) groups is 1. The normalized spacial score (nSPS) is 21.4. The summed E-state index contributed by atoms with van der Waals surface area (Å²) < 4.78 is 0. The van der Waals surface area contributed by atoms with E-state index in [0.717, 1.165) is 6.54 Å². The molecular formula is C16H24N2OS. The molecule has 1 saturated heterocycles. The van der Waals surface area contributed by atoms with Gasteiger partial charge in [0.2, 0.25) is 0 Å². The molecule has 0 aliphatic carbocycles.